The Bertz CT molecular complexity index is 630. The largest absolute Gasteiger partial charge is 0.416 e. The zero-order valence-electron chi connectivity index (χ0n) is 10.1. The van der Waals surface area contributed by atoms with Crippen LogP contribution in [0.15, 0.2) is 35.1 Å². The molecule has 0 unspecified atom stereocenters. The normalized spacial score (nSPS) is 11.6. The zero-order valence-corrected chi connectivity index (χ0v) is 10.1. The van der Waals surface area contributed by atoms with Crippen LogP contribution in [0.2, 0.25) is 0 Å². The van der Waals surface area contributed by atoms with Gasteiger partial charge in [-0.05, 0) is 12.1 Å². The molecule has 0 radical (unpaired) electrons. The van der Waals surface area contributed by atoms with E-state index in [9.17, 15) is 18.0 Å². The Morgan fingerprint density at radius 3 is 2.37 bits per heavy atom. The number of H-pyrrole nitrogens is 1. The second-order valence-corrected chi connectivity index (χ2v) is 4.01. The van der Waals surface area contributed by atoms with Crippen molar-refractivity contribution in [1.29, 1.82) is 0 Å². The summed E-state index contributed by atoms with van der Waals surface area (Å²) in [4.78, 5) is 18.1. The molecule has 19 heavy (non-hydrogen) atoms. The molecule has 3 nitrogen and oxygen atoms in total. The van der Waals surface area contributed by atoms with E-state index in [1.807, 2.05) is 6.92 Å². The topological polar surface area (TPSA) is 45.8 Å². The molecule has 1 heterocycles. The summed E-state index contributed by atoms with van der Waals surface area (Å²) in [5, 5.41) is 0. The van der Waals surface area contributed by atoms with Gasteiger partial charge in [-0.1, -0.05) is 19.1 Å². The standard InChI is InChI=1S/C13H11F3N2O/c1-2-11-17-10(7-12(19)18-11)8-3-5-9(6-4-8)13(14,15)16/h3-7H,2H2,1H3,(H,17,18,19). The fraction of sp³-hybridized carbons (Fsp3) is 0.231. The van der Waals surface area contributed by atoms with Crippen LogP contribution < -0.4 is 5.56 Å². The van der Waals surface area contributed by atoms with Gasteiger partial charge >= 0.3 is 6.18 Å². The number of rotatable bonds is 2. The van der Waals surface area contributed by atoms with Crippen LogP contribution in [0, 0.1) is 0 Å². The van der Waals surface area contributed by atoms with Crippen LogP contribution in [0.25, 0.3) is 11.3 Å². The summed E-state index contributed by atoms with van der Waals surface area (Å²) in [7, 11) is 0. The third kappa shape index (κ3) is 3.01. The molecular formula is C13H11F3N2O. The van der Waals surface area contributed by atoms with Gasteiger partial charge in [-0.25, -0.2) is 4.98 Å². The predicted octanol–water partition coefficient (Wildman–Crippen LogP) is 3.02. The molecule has 0 saturated heterocycles. The summed E-state index contributed by atoms with van der Waals surface area (Å²) in [6.07, 6.45) is -3.82. The van der Waals surface area contributed by atoms with Gasteiger partial charge in [0.15, 0.2) is 0 Å². The maximum atomic E-state index is 12.4. The minimum Gasteiger partial charge on any atom is -0.311 e. The van der Waals surface area contributed by atoms with Crippen molar-refractivity contribution in [2.75, 3.05) is 0 Å². The highest BCUT2D eigenvalue weighted by Gasteiger charge is 2.30. The molecule has 1 aromatic heterocycles. The maximum absolute atomic E-state index is 12.4. The average molecular weight is 268 g/mol. The van der Waals surface area contributed by atoms with Crippen LogP contribution in [0.3, 0.4) is 0 Å². The molecule has 0 amide bonds. The number of aromatic amines is 1. The molecule has 2 aromatic rings. The van der Waals surface area contributed by atoms with Crippen LogP contribution in [0.5, 0.6) is 0 Å². The number of halogens is 3. The number of nitrogens with zero attached hydrogens (tertiary/aromatic N) is 1. The fourth-order valence-electron chi connectivity index (χ4n) is 1.65. The Morgan fingerprint density at radius 2 is 1.84 bits per heavy atom. The lowest BCUT2D eigenvalue weighted by molar-refractivity contribution is -0.137. The van der Waals surface area contributed by atoms with E-state index in [1.165, 1.54) is 18.2 Å². The van der Waals surface area contributed by atoms with Gasteiger partial charge in [-0.15, -0.1) is 0 Å². The highest BCUT2D eigenvalue weighted by Crippen LogP contribution is 2.30. The Balaban J connectivity index is 2.43. The number of hydrogen-bond acceptors (Lipinski definition) is 2. The summed E-state index contributed by atoms with van der Waals surface area (Å²) >= 11 is 0. The molecule has 0 atom stereocenters. The van der Waals surface area contributed by atoms with E-state index in [2.05, 4.69) is 9.97 Å². The second-order valence-electron chi connectivity index (χ2n) is 4.01. The van der Waals surface area contributed by atoms with Crippen LogP contribution in [0.1, 0.15) is 18.3 Å². The Morgan fingerprint density at radius 1 is 1.21 bits per heavy atom. The van der Waals surface area contributed by atoms with E-state index in [-0.39, 0.29) is 5.56 Å². The molecule has 0 fully saturated rings. The first-order chi connectivity index (χ1) is 8.90. The highest BCUT2D eigenvalue weighted by atomic mass is 19.4. The van der Waals surface area contributed by atoms with Crippen molar-refractivity contribution in [3.63, 3.8) is 0 Å². The molecule has 1 aromatic carbocycles. The molecule has 2 rings (SSSR count). The van der Waals surface area contributed by atoms with Crippen molar-refractivity contribution in [2.45, 2.75) is 19.5 Å². The van der Waals surface area contributed by atoms with Crippen molar-refractivity contribution >= 4 is 0 Å². The van der Waals surface area contributed by atoms with E-state index >= 15 is 0 Å². The first kappa shape index (κ1) is 13.3. The van der Waals surface area contributed by atoms with E-state index in [0.717, 1.165) is 12.1 Å². The van der Waals surface area contributed by atoms with Gasteiger partial charge < -0.3 is 4.98 Å². The second kappa shape index (κ2) is 4.87. The van der Waals surface area contributed by atoms with Crippen molar-refractivity contribution in [3.8, 4) is 11.3 Å². The van der Waals surface area contributed by atoms with Crippen molar-refractivity contribution in [2.24, 2.45) is 0 Å². The number of alkyl halides is 3. The van der Waals surface area contributed by atoms with Crippen molar-refractivity contribution in [3.05, 3.63) is 52.1 Å². The number of benzene rings is 1. The zero-order chi connectivity index (χ0) is 14.0. The molecular weight excluding hydrogens is 257 g/mol. The Hall–Kier alpha value is -2.11. The summed E-state index contributed by atoms with van der Waals surface area (Å²) < 4.78 is 37.3. The smallest absolute Gasteiger partial charge is 0.311 e. The predicted molar refractivity (Wildman–Crippen MR) is 64.7 cm³/mol. The first-order valence-electron chi connectivity index (χ1n) is 5.68. The molecule has 6 heteroatoms. The number of hydrogen-bond donors (Lipinski definition) is 1. The maximum Gasteiger partial charge on any atom is 0.416 e. The highest BCUT2D eigenvalue weighted by molar-refractivity contribution is 5.59. The van der Waals surface area contributed by atoms with Crippen LogP contribution >= 0.6 is 0 Å². The van der Waals surface area contributed by atoms with Crippen LogP contribution in [-0.4, -0.2) is 9.97 Å². The van der Waals surface area contributed by atoms with Crippen LogP contribution in [-0.2, 0) is 12.6 Å². The van der Waals surface area contributed by atoms with Gasteiger partial charge in [0.25, 0.3) is 5.56 Å². The third-order valence-electron chi connectivity index (χ3n) is 2.63. The molecule has 1 N–H and O–H groups in total. The van der Waals surface area contributed by atoms with Gasteiger partial charge in [0.05, 0.1) is 11.3 Å². The minimum absolute atomic E-state index is 0.318. The van der Waals surface area contributed by atoms with Gasteiger partial charge in [-0.2, -0.15) is 13.2 Å². The molecule has 0 aliphatic rings. The number of nitrogens with one attached hydrogen (secondary N) is 1. The van der Waals surface area contributed by atoms with Gasteiger partial charge in [0.2, 0.25) is 0 Å². The van der Waals surface area contributed by atoms with Gasteiger partial charge in [-0.3, -0.25) is 4.79 Å². The van der Waals surface area contributed by atoms with E-state index in [0.29, 0.717) is 23.5 Å². The molecule has 0 saturated carbocycles. The summed E-state index contributed by atoms with van der Waals surface area (Å²) in [6.45, 7) is 1.83. The van der Waals surface area contributed by atoms with Crippen LogP contribution in [0.4, 0.5) is 13.2 Å². The Labute approximate surface area is 107 Å². The van der Waals surface area contributed by atoms with E-state index in [1.54, 1.807) is 0 Å². The third-order valence-corrected chi connectivity index (χ3v) is 2.63. The molecule has 0 aliphatic carbocycles. The minimum atomic E-state index is -4.37. The number of aromatic nitrogens is 2. The molecule has 0 spiro atoms. The quantitative estimate of drug-likeness (QED) is 0.910. The van der Waals surface area contributed by atoms with Crippen molar-refractivity contribution in [1.82, 2.24) is 9.97 Å². The Kier molecular flexibility index (Phi) is 3.42. The first-order valence-corrected chi connectivity index (χ1v) is 5.68. The fourth-order valence-corrected chi connectivity index (χ4v) is 1.65. The summed E-state index contributed by atoms with van der Waals surface area (Å²) in [5.74, 6) is 0.502. The van der Waals surface area contributed by atoms with Crippen molar-refractivity contribution < 1.29 is 13.2 Å². The van der Waals surface area contributed by atoms with E-state index in [4.69, 9.17) is 0 Å². The molecule has 100 valence electrons. The van der Waals surface area contributed by atoms with Gasteiger partial charge in [0, 0.05) is 18.1 Å². The lowest BCUT2D eigenvalue weighted by Gasteiger charge is -2.07. The molecule has 0 aliphatic heterocycles. The lowest BCUT2D eigenvalue weighted by atomic mass is 10.1. The molecule has 0 bridgehead atoms. The van der Waals surface area contributed by atoms with E-state index < -0.39 is 11.7 Å². The summed E-state index contributed by atoms with van der Waals surface area (Å²) in [5.41, 5.74) is -0.193. The van der Waals surface area contributed by atoms with Gasteiger partial charge in [0.1, 0.15) is 5.82 Å². The number of aryl methyl sites for hydroxylation is 1. The summed E-state index contributed by atoms with van der Waals surface area (Å²) in [6, 6.07) is 5.84. The monoisotopic (exact) mass is 268 g/mol. The average Bonchev–Trinajstić information content (AvgIpc) is 2.37. The SMILES string of the molecule is CCc1nc(-c2ccc(C(F)(F)F)cc2)cc(=O)[nH]1. The lowest BCUT2D eigenvalue weighted by Crippen LogP contribution is -2.10.